The van der Waals surface area contributed by atoms with E-state index in [1.54, 1.807) is 18.7 Å². The van der Waals surface area contributed by atoms with E-state index in [-0.39, 0.29) is 19.1 Å². The number of nitrogens with one attached hydrogen (secondary N) is 1. The smallest absolute Gasteiger partial charge is 0.408 e. The molecule has 1 N–H and O–H groups in total. The first-order valence-corrected chi connectivity index (χ1v) is 10.1. The summed E-state index contributed by atoms with van der Waals surface area (Å²) in [5.74, 6) is -0.133. The monoisotopic (exact) mass is 397 g/mol. The molecule has 2 aromatic rings. The minimum atomic E-state index is -0.850. The van der Waals surface area contributed by atoms with Crippen molar-refractivity contribution in [3.8, 4) is 0 Å². The molecule has 0 bridgehead atoms. The van der Waals surface area contributed by atoms with Crippen LogP contribution in [0.5, 0.6) is 0 Å². The van der Waals surface area contributed by atoms with Crippen molar-refractivity contribution in [3.05, 3.63) is 72.3 Å². The third-order valence-electron chi connectivity index (χ3n) is 4.53. The van der Waals surface area contributed by atoms with E-state index in [1.807, 2.05) is 54.6 Å². The summed E-state index contributed by atoms with van der Waals surface area (Å²) in [4.78, 5) is 26.0. The molecular formula is C22H23NO4S. The van der Waals surface area contributed by atoms with Crippen molar-refractivity contribution in [2.45, 2.75) is 24.5 Å². The molecule has 2 aromatic carbocycles. The fraction of sp³-hybridized carbons (Fsp3) is 0.273. The highest BCUT2D eigenvalue weighted by atomic mass is 32.2. The second-order valence-electron chi connectivity index (χ2n) is 6.37. The summed E-state index contributed by atoms with van der Waals surface area (Å²) in [6.45, 7) is 6.29. The van der Waals surface area contributed by atoms with Crippen LogP contribution in [0.2, 0.25) is 0 Å². The summed E-state index contributed by atoms with van der Waals surface area (Å²) in [6, 6.07) is 16.4. The number of esters is 1. The van der Waals surface area contributed by atoms with Crippen LogP contribution >= 0.6 is 11.8 Å². The van der Waals surface area contributed by atoms with Crippen LogP contribution in [-0.4, -0.2) is 30.5 Å². The van der Waals surface area contributed by atoms with Gasteiger partial charge in [-0.15, -0.1) is 11.8 Å². The molecule has 146 valence electrons. The van der Waals surface area contributed by atoms with Gasteiger partial charge in [-0.2, -0.15) is 0 Å². The number of fused-ring (bicyclic) bond motifs is 1. The van der Waals surface area contributed by atoms with Gasteiger partial charge in [-0.1, -0.05) is 55.1 Å². The van der Waals surface area contributed by atoms with E-state index in [4.69, 9.17) is 9.47 Å². The molecule has 6 heteroatoms. The number of carbonyl (C=O) groups excluding carboxylic acids is 2. The largest absolute Gasteiger partial charge is 0.464 e. The van der Waals surface area contributed by atoms with Gasteiger partial charge in [0.05, 0.1) is 6.61 Å². The number of rotatable bonds is 6. The summed E-state index contributed by atoms with van der Waals surface area (Å²) < 4.78 is 10.5. The normalized spacial score (nSPS) is 16.6. The average molecular weight is 397 g/mol. The molecule has 2 atom stereocenters. The minimum absolute atomic E-state index is 0.130. The van der Waals surface area contributed by atoms with Crippen molar-refractivity contribution < 1.29 is 19.1 Å². The Balaban J connectivity index is 1.71. The fourth-order valence-electron chi connectivity index (χ4n) is 3.08. The minimum Gasteiger partial charge on any atom is -0.464 e. The molecule has 0 saturated heterocycles. The topological polar surface area (TPSA) is 64.6 Å². The van der Waals surface area contributed by atoms with Crippen LogP contribution in [0.25, 0.3) is 5.57 Å². The van der Waals surface area contributed by atoms with Crippen LogP contribution < -0.4 is 5.32 Å². The Morgan fingerprint density at radius 3 is 2.61 bits per heavy atom. The number of thioether (sulfide) groups is 1. The number of amides is 1. The van der Waals surface area contributed by atoms with E-state index in [0.717, 1.165) is 21.6 Å². The lowest BCUT2D eigenvalue weighted by Gasteiger charge is -2.32. The van der Waals surface area contributed by atoms with Crippen molar-refractivity contribution in [1.82, 2.24) is 5.32 Å². The molecule has 28 heavy (non-hydrogen) atoms. The lowest BCUT2D eigenvalue weighted by atomic mass is 9.88. The van der Waals surface area contributed by atoms with Crippen LogP contribution in [0.3, 0.4) is 0 Å². The number of hydrogen-bond acceptors (Lipinski definition) is 5. The zero-order valence-electron chi connectivity index (χ0n) is 15.7. The molecule has 0 aliphatic carbocycles. The maximum absolute atomic E-state index is 12.6. The number of alkyl carbamates (subject to hydrolysis) is 1. The third kappa shape index (κ3) is 4.75. The van der Waals surface area contributed by atoms with E-state index >= 15 is 0 Å². The second kappa shape index (κ2) is 9.46. The summed E-state index contributed by atoms with van der Waals surface area (Å²) in [5.41, 5.74) is 2.69. The first-order chi connectivity index (χ1) is 13.6. The molecule has 1 heterocycles. The molecular weight excluding hydrogens is 374 g/mol. The van der Waals surface area contributed by atoms with Crippen molar-refractivity contribution in [1.29, 1.82) is 0 Å². The number of carbonyl (C=O) groups is 2. The maximum atomic E-state index is 12.6. The molecule has 1 aliphatic heterocycles. The molecule has 1 aliphatic rings. The van der Waals surface area contributed by atoms with Gasteiger partial charge in [-0.05, 0) is 29.7 Å². The number of benzene rings is 2. The highest BCUT2D eigenvalue weighted by Crippen LogP contribution is 2.41. The molecule has 0 saturated carbocycles. The number of ether oxygens (including phenoxy) is 2. The average Bonchev–Trinajstić information content (AvgIpc) is 2.72. The third-order valence-corrected chi connectivity index (χ3v) is 5.72. The quantitative estimate of drug-likeness (QED) is 0.737. The van der Waals surface area contributed by atoms with Crippen LogP contribution in [0.4, 0.5) is 4.79 Å². The van der Waals surface area contributed by atoms with Crippen LogP contribution in [0.1, 0.15) is 18.1 Å². The summed E-state index contributed by atoms with van der Waals surface area (Å²) in [7, 11) is 0. The molecule has 0 aromatic heterocycles. The Hall–Kier alpha value is -2.73. The Morgan fingerprint density at radius 1 is 1.14 bits per heavy atom. The Bertz CT molecular complexity index is 853. The zero-order chi connectivity index (χ0) is 19.9. The molecule has 1 amide bonds. The fourth-order valence-corrected chi connectivity index (χ4v) is 4.36. The van der Waals surface area contributed by atoms with E-state index in [1.165, 1.54) is 0 Å². The van der Waals surface area contributed by atoms with Crippen molar-refractivity contribution in [2.24, 2.45) is 5.92 Å². The highest BCUT2D eigenvalue weighted by Gasteiger charge is 2.36. The molecule has 5 nitrogen and oxygen atoms in total. The zero-order valence-corrected chi connectivity index (χ0v) is 16.5. The van der Waals surface area contributed by atoms with Crippen LogP contribution in [-0.2, 0) is 20.9 Å². The molecule has 0 radical (unpaired) electrons. The van der Waals surface area contributed by atoms with Gasteiger partial charge >= 0.3 is 12.1 Å². The van der Waals surface area contributed by atoms with Gasteiger partial charge in [-0.3, -0.25) is 0 Å². The summed E-state index contributed by atoms with van der Waals surface area (Å²) >= 11 is 1.64. The molecule has 0 unspecified atom stereocenters. The predicted octanol–water partition coefficient (Wildman–Crippen LogP) is 4.28. The van der Waals surface area contributed by atoms with Crippen LogP contribution in [0, 0.1) is 5.92 Å². The second-order valence-corrected chi connectivity index (χ2v) is 7.44. The molecule has 0 fully saturated rings. The van der Waals surface area contributed by atoms with Crippen molar-refractivity contribution in [2.75, 3.05) is 12.4 Å². The predicted molar refractivity (Wildman–Crippen MR) is 110 cm³/mol. The van der Waals surface area contributed by atoms with Gasteiger partial charge in [0.15, 0.2) is 0 Å². The summed E-state index contributed by atoms with van der Waals surface area (Å²) in [6.07, 6.45) is -0.654. The lowest BCUT2D eigenvalue weighted by molar-refractivity contribution is -0.146. The Morgan fingerprint density at radius 2 is 1.86 bits per heavy atom. The van der Waals surface area contributed by atoms with Crippen molar-refractivity contribution in [3.63, 3.8) is 0 Å². The van der Waals surface area contributed by atoms with Gasteiger partial charge in [-0.25, -0.2) is 9.59 Å². The van der Waals surface area contributed by atoms with Gasteiger partial charge in [0, 0.05) is 16.6 Å². The maximum Gasteiger partial charge on any atom is 0.408 e. The van der Waals surface area contributed by atoms with Gasteiger partial charge in [0.2, 0.25) is 0 Å². The Labute approximate surface area is 169 Å². The van der Waals surface area contributed by atoms with Gasteiger partial charge in [0.25, 0.3) is 0 Å². The number of hydrogen-bond donors (Lipinski definition) is 1. The molecule has 0 spiro atoms. The van der Waals surface area contributed by atoms with Crippen molar-refractivity contribution >= 4 is 29.4 Å². The standard InChI is InChI=1S/C22H23NO4S/c1-3-26-21(24)20(23-22(25)27-13-16-9-5-4-6-10-16)18-14-28-19-12-8-7-11-17(19)15(18)2/h4-12,18,20H,2-3,13-14H2,1H3,(H,23,25)/t18-,20+/m0/s1. The Kier molecular flexibility index (Phi) is 6.76. The SMILES string of the molecule is C=C1c2ccccc2SC[C@@H]1[C@@H](NC(=O)OCc1ccccc1)C(=O)OCC. The summed E-state index contributed by atoms with van der Waals surface area (Å²) in [5, 5.41) is 2.69. The van der Waals surface area contributed by atoms with E-state index in [2.05, 4.69) is 11.9 Å². The lowest BCUT2D eigenvalue weighted by Crippen LogP contribution is -2.48. The first kappa shape index (κ1) is 20.0. The van der Waals surface area contributed by atoms with Crippen LogP contribution in [0.15, 0.2) is 66.1 Å². The van der Waals surface area contributed by atoms with E-state index in [0.29, 0.717) is 5.75 Å². The van der Waals surface area contributed by atoms with E-state index < -0.39 is 18.1 Å². The molecule has 3 rings (SSSR count). The highest BCUT2D eigenvalue weighted by molar-refractivity contribution is 7.99. The van der Waals surface area contributed by atoms with Gasteiger partial charge < -0.3 is 14.8 Å². The van der Waals surface area contributed by atoms with Gasteiger partial charge in [0.1, 0.15) is 12.6 Å². The first-order valence-electron chi connectivity index (χ1n) is 9.15. The van der Waals surface area contributed by atoms with E-state index in [9.17, 15) is 9.59 Å².